The SMILES string of the molecule is CN=C(NC)NCC1(S(C)=O)CC1. The molecule has 0 heterocycles. The van der Waals surface area contributed by atoms with Gasteiger partial charge in [-0.2, -0.15) is 0 Å². The molecule has 0 amide bonds. The summed E-state index contributed by atoms with van der Waals surface area (Å²) in [4.78, 5) is 3.99. The number of aliphatic imine (C=N–C) groups is 1. The van der Waals surface area contributed by atoms with Crippen LogP contribution in [0.3, 0.4) is 0 Å². The van der Waals surface area contributed by atoms with Gasteiger partial charge in [-0.25, -0.2) is 0 Å². The Balaban J connectivity index is 2.38. The van der Waals surface area contributed by atoms with Crippen molar-refractivity contribution in [3.63, 3.8) is 0 Å². The van der Waals surface area contributed by atoms with Crippen LogP contribution in [0.2, 0.25) is 0 Å². The van der Waals surface area contributed by atoms with E-state index in [4.69, 9.17) is 0 Å². The standard InChI is InChI=1S/C8H17N3OS/c1-9-7(10-2)11-6-8(4-5-8)13(3)12/h4-6H2,1-3H3,(H2,9,10,11). The van der Waals surface area contributed by atoms with Crippen molar-refractivity contribution in [2.75, 3.05) is 26.9 Å². The first-order valence-corrected chi connectivity index (χ1v) is 5.92. The van der Waals surface area contributed by atoms with Gasteiger partial charge in [-0.1, -0.05) is 0 Å². The average molecular weight is 203 g/mol. The van der Waals surface area contributed by atoms with Crippen LogP contribution in [-0.2, 0) is 10.8 Å². The van der Waals surface area contributed by atoms with Crippen LogP contribution in [0.15, 0.2) is 4.99 Å². The maximum atomic E-state index is 11.3. The molecule has 13 heavy (non-hydrogen) atoms. The summed E-state index contributed by atoms with van der Waals surface area (Å²) in [5, 5.41) is 6.08. The van der Waals surface area contributed by atoms with Gasteiger partial charge >= 0.3 is 0 Å². The molecule has 0 radical (unpaired) electrons. The van der Waals surface area contributed by atoms with E-state index in [9.17, 15) is 4.21 Å². The molecule has 1 rings (SSSR count). The lowest BCUT2D eigenvalue weighted by Crippen LogP contribution is -2.41. The van der Waals surface area contributed by atoms with Gasteiger partial charge in [0, 0.05) is 37.7 Å². The molecule has 2 N–H and O–H groups in total. The molecule has 0 bridgehead atoms. The molecule has 1 fully saturated rings. The van der Waals surface area contributed by atoms with Crippen molar-refractivity contribution in [3.05, 3.63) is 0 Å². The third-order valence-electron chi connectivity index (χ3n) is 2.46. The molecule has 1 unspecified atom stereocenters. The molecule has 0 aromatic rings. The average Bonchev–Trinajstić information content (AvgIpc) is 2.87. The molecule has 0 saturated heterocycles. The molecule has 0 spiro atoms. The highest BCUT2D eigenvalue weighted by Gasteiger charge is 2.46. The molecule has 0 aromatic carbocycles. The Bertz CT molecular complexity index is 236. The number of guanidine groups is 1. The minimum absolute atomic E-state index is 0.0206. The number of nitrogens with one attached hydrogen (secondary N) is 2. The quantitative estimate of drug-likeness (QED) is 0.489. The summed E-state index contributed by atoms with van der Waals surface area (Å²) >= 11 is 0. The van der Waals surface area contributed by atoms with Crippen molar-refractivity contribution in [3.8, 4) is 0 Å². The van der Waals surface area contributed by atoms with Gasteiger partial charge in [0.25, 0.3) is 0 Å². The van der Waals surface area contributed by atoms with Crippen LogP contribution in [0.4, 0.5) is 0 Å². The molecule has 1 atom stereocenters. The monoisotopic (exact) mass is 203 g/mol. The van der Waals surface area contributed by atoms with Crippen LogP contribution < -0.4 is 10.6 Å². The van der Waals surface area contributed by atoms with Crippen molar-refractivity contribution < 1.29 is 4.21 Å². The summed E-state index contributed by atoms with van der Waals surface area (Å²) in [5.41, 5.74) is 0. The van der Waals surface area contributed by atoms with Crippen molar-refractivity contribution in [2.24, 2.45) is 4.99 Å². The summed E-state index contributed by atoms with van der Waals surface area (Å²) in [7, 11) is 2.81. The van der Waals surface area contributed by atoms with Crippen LogP contribution >= 0.6 is 0 Å². The number of hydrogen-bond acceptors (Lipinski definition) is 2. The van der Waals surface area contributed by atoms with Gasteiger partial charge in [0.1, 0.15) is 0 Å². The van der Waals surface area contributed by atoms with E-state index in [1.54, 1.807) is 13.3 Å². The van der Waals surface area contributed by atoms with Crippen LogP contribution in [0.5, 0.6) is 0 Å². The Morgan fingerprint density at radius 3 is 2.54 bits per heavy atom. The summed E-state index contributed by atoms with van der Waals surface area (Å²) < 4.78 is 11.3. The number of nitrogens with zero attached hydrogens (tertiary/aromatic N) is 1. The Labute approximate surface area is 81.7 Å². The second-order valence-corrected chi connectivity index (χ2v) is 5.09. The van der Waals surface area contributed by atoms with Crippen molar-refractivity contribution in [1.82, 2.24) is 10.6 Å². The predicted octanol–water partition coefficient (Wildman–Crippen LogP) is -0.308. The van der Waals surface area contributed by atoms with E-state index in [2.05, 4.69) is 15.6 Å². The fraction of sp³-hybridized carbons (Fsp3) is 0.875. The highest BCUT2D eigenvalue weighted by atomic mass is 32.2. The Kier molecular flexibility index (Phi) is 3.30. The van der Waals surface area contributed by atoms with Gasteiger partial charge in [0.2, 0.25) is 0 Å². The fourth-order valence-corrected chi connectivity index (χ4v) is 2.18. The summed E-state index contributed by atoms with van der Waals surface area (Å²) in [6.45, 7) is 0.754. The zero-order chi connectivity index (χ0) is 9.90. The van der Waals surface area contributed by atoms with Gasteiger partial charge < -0.3 is 10.6 Å². The smallest absolute Gasteiger partial charge is 0.190 e. The predicted molar refractivity (Wildman–Crippen MR) is 56.5 cm³/mol. The van der Waals surface area contributed by atoms with Crippen LogP contribution in [0.1, 0.15) is 12.8 Å². The second-order valence-electron chi connectivity index (χ2n) is 3.31. The Morgan fingerprint density at radius 1 is 1.62 bits per heavy atom. The van der Waals surface area contributed by atoms with E-state index in [1.807, 2.05) is 7.05 Å². The molecule has 76 valence electrons. The van der Waals surface area contributed by atoms with E-state index >= 15 is 0 Å². The van der Waals surface area contributed by atoms with Crippen LogP contribution in [0.25, 0.3) is 0 Å². The molecule has 1 aliphatic rings. The van der Waals surface area contributed by atoms with Gasteiger partial charge in [0.05, 0.1) is 4.75 Å². The normalized spacial score (nSPS) is 22.2. The van der Waals surface area contributed by atoms with Gasteiger partial charge in [-0.05, 0) is 12.8 Å². The van der Waals surface area contributed by atoms with E-state index in [0.29, 0.717) is 0 Å². The third-order valence-corrected chi connectivity index (χ3v) is 4.23. The van der Waals surface area contributed by atoms with Crippen molar-refractivity contribution in [2.45, 2.75) is 17.6 Å². The summed E-state index contributed by atoms with van der Waals surface area (Å²) in [6.07, 6.45) is 3.89. The lowest BCUT2D eigenvalue weighted by molar-refractivity contribution is 0.665. The first kappa shape index (κ1) is 10.5. The summed E-state index contributed by atoms with van der Waals surface area (Å²) in [6, 6.07) is 0. The number of rotatable bonds is 3. The topological polar surface area (TPSA) is 53.5 Å². The minimum atomic E-state index is -0.730. The second kappa shape index (κ2) is 4.09. The molecule has 0 aromatic heterocycles. The molecule has 1 aliphatic carbocycles. The molecular weight excluding hydrogens is 186 g/mol. The van der Waals surface area contributed by atoms with E-state index < -0.39 is 10.8 Å². The number of hydrogen-bond donors (Lipinski definition) is 2. The minimum Gasteiger partial charge on any atom is -0.359 e. The lowest BCUT2D eigenvalue weighted by Gasteiger charge is -2.14. The highest BCUT2D eigenvalue weighted by molar-refractivity contribution is 7.86. The molecule has 4 nitrogen and oxygen atoms in total. The largest absolute Gasteiger partial charge is 0.359 e. The Hall–Kier alpha value is -0.580. The molecule has 0 aliphatic heterocycles. The molecule has 1 saturated carbocycles. The van der Waals surface area contributed by atoms with Crippen LogP contribution in [0, 0.1) is 0 Å². The fourth-order valence-electron chi connectivity index (χ4n) is 1.23. The van der Waals surface area contributed by atoms with Crippen molar-refractivity contribution in [1.29, 1.82) is 0 Å². The zero-order valence-corrected chi connectivity index (χ0v) is 9.20. The molecule has 5 heteroatoms. The summed E-state index contributed by atoms with van der Waals surface area (Å²) in [5.74, 6) is 0.761. The van der Waals surface area contributed by atoms with E-state index in [-0.39, 0.29) is 4.75 Å². The lowest BCUT2D eigenvalue weighted by atomic mass is 10.4. The maximum absolute atomic E-state index is 11.3. The van der Waals surface area contributed by atoms with E-state index in [1.165, 1.54) is 0 Å². The zero-order valence-electron chi connectivity index (χ0n) is 8.39. The van der Waals surface area contributed by atoms with Crippen LogP contribution in [-0.4, -0.2) is 41.8 Å². The van der Waals surface area contributed by atoms with Gasteiger partial charge in [-0.15, -0.1) is 0 Å². The van der Waals surface area contributed by atoms with Crippen molar-refractivity contribution >= 4 is 16.8 Å². The molecular formula is C8H17N3OS. The highest BCUT2D eigenvalue weighted by Crippen LogP contribution is 2.40. The first-order chi connectivity index (χ1) is 6.14. The third kappa shape index (κ3) is 2.43. The Morgan fingerprint density at radius 2 is 2.23 bits per heavy atom. The maximum Gasteiger partial charge on any atom is 0.190 e. The first-order valence-electron chi connectivity index (χ1n) is 4.36. The van der Waals surface area contributed by atoms with Gasteiger partial charge in [-0.3, -0.25) is 9.20 Å². The van der Waals surface area contributed by atoms with E-state index in [0.717, 1.165) is 25.3 Å². The van der Waals surface area contributed by atoms with Gasteiger partial charge in [0.15, 0.2) is 5.96 Å².